The van der Waals surface area contributed by atoms with Crippen LogP contribution in [0.3, 0.4) is 0 Å². The Hall–Kier alpha value is -1.99. The van der Waals surface area contributed by atoms with Gasteiger partial charge in [-0.1, -0.05) is 6.42 Å². The predicted octanol–water partition coefficient (Wildman–Crippen LogP) is 2.10. The van der Waals surface area contributed by atoms with Gasteiger partial charge in [0.2, 0.25) is 5.91 Å². The highest BCUT2D eigenvalue weighted by Gasteiger charge is 2.10. The number of pyridine rings is 1. The molecule has 1 amide bonds. The van der Waals surface area contributed by atoms with E-state index < -0.39 is 0 Å². The Balaban J connectivity index is 1.82. The number of rotatable bonds is 8. The topological polar surface area (TPSA) is 101 Å². The molecule has 0 radical (unpaired) electrons. The first-order valence-electron chi connectivity index (χ1n) is 7.26. The average molecular weight is 320 g/mol. The van der Waals surface area contributed by atoms with Gasteiger partial charge < -0.3 is 16.2 Å². The van der Waals surface area contributed by atoms with Crippen molar-refractivity contribution in [2.75, 3.05) is 11.9 Å². The normalized spacial score (nSPS) is 10.6. The summed E-state index contributed by atoms with van der Waals surface area (Å²) in [6.45, 7) is 0.726. The Morgan fingerprint density at radius 2 is 2.23 bits per heavy atom. The maximum atomic E-state index is 11.9. The Kier molecular flexibility index (Phi) is 6.29. The Bertz CT molecular complexity index is 615. The summed E-state index contributed by atoms with van der Waals surface area (Å²) in [6, 6.07) is 3.08. The number of carbonyl (C=O) groups excluding carboxylic acids is 1. The lowest BCUT2D eigenvalue weighted by Gasteiger charge is -2.04. The van der Waals surface area contributed by atoms with Crippen molar-refractivity contribution in [2.24, 2.45) is 5.73 Å². The third-order valence-corrected chi connectivity index (χ3v) is 4.04. The minimum atomic E-state index is -0.242. The number of aromatic hydroxyl groups is 1. The Labute approximate surface area is 133 Å². The molecule has 6 nitrogen and oxygen atoms in total. The van der Waals surface area contributed by atoms with Crippen molar-refractivity contribution in [1.29, 1.82) is 0 Å². The number of nitrogens with one attached hydrogen (secondary N) is 1. The molecule has 2 aromatic heterocycles. The van der Waals surface area contributed by atoms with E-state index in [9.17, 15) is 9.90 Å². The zero-order valence-corrected chi connectivity index (χ0v) is 13.1. The van der Waals surface area contributed by atoms with Gasteiger partial charge in [0.25, 0.3) is 0 Å². The molecule has 7 heteroatoms. The number of hydrogen-bond acceptors (Lipinski definition) is 6. The second-order valence-corrected chi connectivity index (χ2v) is 5.87. The van der Waals surface area contributed by atoms with Gasteiger partial charge in [-0.3, -0.25) is 4.79 Å². The summed E-state index contributed by atoms with van der Waals surface area (Å²) in [7, 11) is 0. The third kappa shape index (κ3) is 5.09. The van der Waals surface area contributed by atoms with Crippen molar-refractivity contribution >= 4 is 23.1 Å². The summed E-state index contributed by atoms with van der Waals surface area (Å²) in [4.78, 5) is 20.3. The van der Waals surface area contributed by atoms with Crippen molar-refractivity contribution in [2.45, 2.75) is 32.1 Å². The predicted molar refractivity (Wildman–Crippen MR) is 87.0 cm³/mol. The molecule has 0 aliphatic rings. The van der Waals surface area contributed by atoms with Crippen molar-refractivity contribution in [3.05, 3.63) is 34.4 Å². The van der Waals surface area contributed by atoms with Gasteiger partial charge in [-0.05, 0) is 37.9 Å². The molecule has 0 atom stereocenters. The zero-order chi connectivity index (χ0) is 15.8. The van der Waals surface area contributed by atoms with Gasteiger partial charge in [0.1, 0.15) is 0 Å². The van der Waals surface area contributed by atoms with Crippen molar-refractivity contribution in [3.8, 4) is 5.75 Å². The van der Waals surface area contributed by atoms with Crippen molar-refractivity contribution < 1.29 is 9.90 Å². The van der Waals surface area contributed by atoms with E-state index in [0.29, 0.717) is 0 Å². The number of nitrogens with two attached hydrogens (primary N) is 1. The summed E-state index contributed by atoms with van der Waals surface area (Å²) in [5, 5.41) is 15.1. The molecule has 2 rings (SSSR count). The fourth-order valence-electron chi connectivity index (χ4n) is 1.98. The molecule has 2 aromatic rings. The number of amides is 1. The lowest BCUT2D eigenvalue weighted by molar-refractivity contribution is -0.115. The second kappa shape index (κ2) is 8.45. The highest BCUT2D eigenvalue weighted by atomic mass is 32.1. The number of nitrogens with zero attached hydrogens (tertiary/aromatic N) is 2. The largest absolute Gasteiger partial charge is 0.504 e. The molecule has 0 aliphatic heterocycles. The molecule has 0 saturated carbocycles. The standard InChI is InChI=1S/C15H20N4O2S/c16-7-3-1-2-6-14-18-11(10-22-14)9-13(21)19-15-12(20)5-4-8-17-15/h4-5,8,10,20H,1-3,6-7,9,16H2,(H,17,19,21). The molecule has 0 aliphatic carbocycles. The van der Waals surface area contributed by atoms with Crippen LogP contribution in [0.25, 0.3) is 0 Å². The molecule has 0 bridgehead atoms. The van der Waals surface area contributed by atoms with E-state index in [2.05, 4.69) is 15.3 Å². The van der Waals surface area contributed by atoms with Crippen LogP contribution in [0.1, 0.15) is 30.0 Å². The summed E-state index contributed by atoms with van der Waals surface area (Å²) in [6.07, 6.45) is 5.82. The highest BCUT2D eigenvalue weighted by molar-refractivity contribution is 7.09. The summed E-state index contributed by atoms with van der Waals surface area (Å²) in [5.41, 5.74) is 6.20. The third-order valence-electron chi connectivity index (χ3n) is 3.08. The molecule has 0 aromatic carbocycles. The molecular weight excluding hydrogens is 300 g/mol. The van der Waals surface area contributed by atoms with Gasteiger partial charge in [0, 0.05) is 11.6 Å². The SMILES string of the molecule is NCCCCCc1nc(CC(=O)Nc2ncccc2O)cs1. The van der Waals surface area contributed by atoms with Gasteiger partial charge >= 0.3 is 0 Å². The van der Waals surface area contributed by atoms with Crippen LogP contribution in [0.15, 0.2) is 23.7 Å². The van der Waals surface area contributed by atoms with E-state index in [1.807, 2.05) is 5.38 Å². The number of hydrogen-bond donors (Lipinski definition) is 3. The van der Waals surface area contributed by atoms with Crippen LogP contribution < -0.4 is 11.1 Å². The fourth-order valence-corrected chi connectivity index (χ4v) is 2.82. The van der Waals surface area contributed by atoms with Gasteiger partial charge in [-0.15, -0.1) is 11.3 Å². The zero-order valence-electron chi connectivity index (χ0n) is 12.3. The van der Waals surface area contributed by atoms with Crippen molar-refractivity contribution in [3.63, 3.8) is 0 Å². The van der Waals surface area contributed by atoms with E-state index in [1.165, 1.54) is 12.3 Å². The Morgan fingerprint density at radius 1 is 1.36 bits per heavy atom. The summed E-state index contributed by atoms with van der Waals surface area (Å²) >= 11 is 1.57. The number of unbranched alkanes of at least 4 members (excludes halogenated alkanes) is 2. The number of thiazole rings is 1. The number of anilines is 1. The van der Waals surface area contributed by atoms with Crippen LogP contribution in [0.2, 0.25) is 0 Å². The van der Waals surface area contributed by atoms with Crippen LogP contribution in [-0.4, -0.2) is 27.5 Å². The first kappa shape index (κ1) is 16.4. The minimum Gasteiger partial charge on any atom is -0.504 e. The quantitative estimate of drug-likeness (QED) is 0.647. The van der Waals surface area contributed by atoms with E-state index >= 15 is 0 Å². The fraction of sp³-hybridized carbons (Fsp3) is 0.400. The van der Waals surface area contributed by atoms with E-state index in [-0.39, 0.29) is 23.9 Å². The van der Waals surface area contributed by atoms with E-state index in [1.54, 1.807) is 17.4 Å². The Morgan fingerprint density at radius 3 is 3.00 bits per heavy atom. The second-order valence-electron chi connectivity index (χ2n) is 4.93. The molecule has 22 heavy (non-hydrogen) atoms. The smallest absolute Gasteiger partial charge is 0.231 e. The van der Waals surface area contributed by atoms with Gasteiger partial charge in [-0.2, -0.15) is 0 Å². The molecule has 0 saturated heterocycles. The first-order chi connectivity index (χ1) is 10.7. The molecule has 0 fully saturated rings. The van der Waals surface area contributed by atoms with Gasteiger partial charge in [0.15, 0.2) is 11.6 Å². The molecule has 0 unspecified atom stereocenters. The van der Waals surface area contributed by atoms with Crippen molar-refractivity contribution in [1.82, 2.24) is 9.97 Å². The van der Waals surface area contributed by atoms with Gasteiger partial charge in [0.05, 0.1) is 17.1 Å². The number of aryl methyl sites for hydroxylation is 1. The van der Waals surface area contributed by atoms with Crippen LogP contribution in [0.5, 0.6) is 5.75 Å². The van der Waals surface area contributed by atoms with Crippen LogP contribution in [0, 0.1) is 0 Å². The van der Waals surface area contributed by atoms with Crippen LogP contribution >= 0.6 is 11.3 Å². The first-order valence-corrected chi connectivity index (χ1v) is 8.14. The average Bonchev–Trinajstić information content (AvgIpc) is 2.93. The lowest BCUT2D eigenvalue weighted by atomic mass is 10.2. The molecule has 118 valence electrons. The maximum absolute atomic E-state index is 11.9. The van der Waals surface area contributed by atoms with E-state index in [4.69, 9.17) is 5.73 Å². The van der Waals surface area contributed by atoms with E-state index in [0.717, 1.165) is 42.9 Å². The van der Waals surface area contributed by atoms with Crippen LogP contribution in [0.4, 0.5) is 5.82 Å². The minimum absolute atomic E-state index is 0.0466. The van der Waals surface area contributed by atoms with Gasteiger partial charge in [-0.25, -0.2) is 9.97 Å². The number of carbonyl (C=O) groups is 1. The monoisotopic (exact) mass is 320 g/mol. The van der Waals surface area contributed by atoms with Crippen LogP contribution in [-0.2, 0) is 17.6 Å². The summed E-state index contributed by atoms with van der Waals surface area (Å²) in [5.74, 6) is -0.117. The molecule has 2 heterocycles. The molecule has 4 N–H and O–H groups in total. The number of aromatic nitrogens is 2. The molecule has 0 spiro atoms. The molecular formula is C15H20N4O2S. The maximum Gasteiger partial charge on any atom is 0.231 e. The summed E-state index contributed by atoms with van der Waals surface area (Å²) < 4.78 is 0. The lowest BCUT2D eigenvalue weighted by Crippen LogP contribution is -2.15. The highest BCUT2D eigenvalue weighted by Crippen LogP contribution is 2.19.